The first-order valence-corrected chi connectivity index (χ1v) is 8.10. The van der Waals surface area contributed by atoms with Gasteiger partial charge in [-0.15, -0.1) is 0 Å². The second-order valence-corrected chi connectivity index (χ2v) is 5.48. The third kappa shape index (κ3) is 3.52. The summed E-state index contributed by atoms with van der Waals surface area (Å²) in [6.07, 6.45) is 0. The Kier molecular flexibility index (Phi) is 4.49. The molecule has 0 amide bonds. The Morgan fingerprint density at radius 3 is 2.36 bits per heavy atom. The van der Waals surface area contributed by atoms with Gasteiger partial charge < -0.3 is 4.74 Å². The maximum atomic E-state index is 5.81. The zero-order chi connectivity index (χ0) is 15.4. The number of benzene rings is 2. The van der Waals surface area contributed by atoms with E-state index in [0.29, 0.717) is 11.7 Å². The molecule has 0 saturated carbocycles. The number of nitrogens with zero attached hydrogens (tertiary/aromatic N) is 2. The smallest absolute Gasteiger partial charge is 0.223 e. The van der Waals surface area contributed by atoms with Crippen molar-refractivity contribution < 1.29 is 4.74 Å². The van der Waals surface area contributed by atoms with Crippen LogP contribution in [0.2, 0.25) is 0 Å². The van der Waals surface area contributed by atoms with E-state index in [2.05, 4.69) is 38.0 Å². The lowest BCUT2D eigenvalue weighted by Gasteiger charge is -2.08. The Labute approximate surface area is 138 Å². The van der Waals surface area contributed by atoms with Crippen molar-refractivity contribution in [1.82, 2.24) is 9.97 Å². The van der Waals surface area contributed by atoms with Crippen molar-refractivity contribution in [2.75, 3.05) is 0 Å². The standard InChI is InChI=1S/C18H15BrN2O/c1-13-11-17(22-16-5-3-2-4-6-16)21-18(20-13)15-9-7-14(12-19)8-10-15/h2-11H,12H2,1H3. The third-order valence-electron chi connectivity index (χ3n) is 3.16. The van der Waals surface area contributed by atoms with Crippen LogP contribution in [-0.4, -0.2) is 9.97 Å². The highest BCUT2D eigenvalue weighted by Crippen LogP contribution is 2.23. The normalized spacial score (nSPS) is 10.5. The lowest BCUT2D eigenvalue weighted by atomic mass is 10.1. The van der Waals surface area contributed by atoms with Gasteiger partial charge in [0, 0.05) is 22.7 Å². The molecule has 1 aromatic heterocycles. The molecule has 0 N–H and O–H groups in total. The van der Waals surface area contributed by atoms with Crippen LogP contribution in [0, 0.1) is 6.92 Å². The molecule has 0 aliphatic carbocycles. The third-order valence-corrected chi connectivity index (χ3v) is 3.81. The molecule has 0 bridgehead atoms. The van der Waals surface area contributed by atoms with Gasteiger partial charge in [-0.05, 0) is 24.6 Å². The van der Waals surface area contributed by atoms with Crippen LogP contribution in [0.5, 0.6) is 11.6 Å². The topological polar surface area (TPSA) is 35.0 Å². The molecule has 110 valence electrons. The Balaban J connectivity index is 1.92. The lowest BCUT2D eigenvalue weighted by molar-refractivity contribution is 0.461. The van der Waals surface area contributed by atoms with Crippen molar-refractivity contribution in [2.45, 2.75) is 12.3 Å². The molecule has 3 aromatic rings. The van der Waals surface area contributed by atoms with E-state index >= 15 is 0 Å². The van der Waals surface area contributed by atoms with Gasteiger partial charge in [-0.2, -0.15) is 4.98 Å². The minimum Gasteiger partial charge on any atom is -0.439 e. The van der Waals surface area contributed by atoms with Gasteiger partial charge >= 0.3 is 0 Å². The predicted molar refractivity (Wildman–Crippen MR) is 91.4 cm³/mol. The summed E-state index contributed by atoms with van der Waals surface area (Å²) >= 11 is 3.45. The Morgan fingerprint density at radius 1 is 0.955 bits per heavy atom. The van der Waals surface area contributed by atoms with Crippen molar-refractivity contribution in [3.8, 4) is 23.0 Å². The quantitative estimate of drug-likeness (QED) is 0.608. The van der Waals surface area contributed by atoms with Crippen LogP contribution < -0.4 is 4.74 Å². The fourth-order valence-electron chi connectivity index (χ4n) is 2.07. The molecular formula is C18H15BrN2O. The van der Waals surface area contributed by atoms with Crippen LogP contribution in [-0.2, 0) is 5.33 Å². The van der Waals surface area contributed by atoms with E-state index in [1.807, 2.05) is 55.5 Å². The minimum absolute atomic E-state index is 0.554. The second-order valence-electron chi connectivity index (χ2n) is 4.92. The fraction of sp³-hybridized carbons (Fsp3) is 0.111. The number of hydrogen-bond acceptors (Lipinski definition) is 3. The number of alkyl halides is 1. The van der Waals surface area contributed by atoms with Gasteiger partial charge in [0.2, 0.25) is 5.88 Å². The van der Waals surface area contributed by atoms with Gasteiger partial charge in [-0.1, -0.05) is 58.4 Å². The maximum Gasteiger partial charge on any atom is 0.223 e. The number of para-hydroxylation sites is 1. The molecule has 22 heavy (non-hydrogen) atoms. The number of aryl methyl sites for hydroxylation is 1. The number of aromatic nitrogens is 2. The van der Waals surface area contributed by atoms with Gasteiger partial charge in [0.25, 0.3) is 0 Å². The second kappa shape index (κ2) is 6.71. The highest BCUT2D eigenvalue weighted by Gasteiger charge is 2.07. The summed E-state index contributed by atoms with van der Waals surface area (Å²) in [5.74, 6) is 1.99. The van der Waals surface area contributed by atoms with Crippen LogP contribution in [0.1, 0.15) is 11.3 Å². The molecule has 0 atom stereocenters. The van der Waals surface area contributed by atoms with Crippen molar-refractivity contribution in [3.05, 3.63) is 71.9 Å². The van der Waals surface area contributed by atoms with E-state index in [-0.39, 0.29) is 0 Å². The Hall–Kier alpha value is -2.20. The molecule has 0 unspecified atom stereocenters. The first-order valence-electron chi connectivity index (χ1n) is 6.98. The van der Waals surface area contributed by atoms with E-state index in [0.717, 1.165) is 22.3 Å². The SMILES string of the molecule is Cc1cc(Oc2ccccc2)nc(-c2ccc(CBr)cc2)n1. The van der Waals surface area contributed by atoms with E-state index < -0.39 is 0 Å². The van der Waals surface area contributed by atoms with Crippen LogP contribution in [0.15, 0.2) is 60.7 Å². The summed E-state index contributed by atoms with van der Waals surface area (Å²) in [7, 11) is 0. The molecule has 4 heteroatoms. The van der Waals surface area contributed by atoms with Gasteiger partial charge in [0.15, 0.2) is 5.82 Å². The molecule has 0 radical (unpaired) electrons. The van der Waals surface area contributed by atoms with E-state index in [1.165, 1.54) is 5.56 Å². The van der Waals surface area contributed by atoms with Crippen LogP contribution in [0.3, 0.4) is 0 Å². The van der Waals surface area contributed by atoms with E-state index in [1.54, 1.807) is 0 Å². The van der Waals surface area contributed by atoms with Gasteiger partial charge in [0.1, 0.15) is 5.75 Å². The first-order chi connectivity index (χ1) is 10.7. The monoisotopic (exact) mass is 354 g/mol. The molecule has 0 fully saturated rings. The summed E-state index contributed by atoms with van der Waals surface area (Å²) in [6.45, 7) is 1.94. The predicted octanol–water partition coefficient (Wildman–Crippen LogP) is 5.14. The fourth-order valence-corrected chi connectivity index (χ4v) is 2.45. The van der Waals surface area contributed by atoms with Crippen molar-refractivity contribution in [1.29, 1.82) is 0 Å². The van der Waals surface area contributed by atoms with E-state index in [4.69, 9.17) is 4.74 Å². The minimum atomic E-state index is 0.554. The molecule has 2 aromatic carbocycles. The Morgan fingerprint density at radius 2 is 1.68 bits per heavy atom. The molecule has 0 spiro atoms. The number of ether oxygens (including phenoxy) is 1. The molecule has 0 aliphatic heterocycles. The summed E-state index contributed by atoms with van der Waals surface area (Å²) in [4.78, 5) is 9.01. The molecule has 3 rings (SSSR count). The summed E-state index contributed by atoms with van der Waals surface area (Å²) in [6, 6.07) is 19.6. The lowest BCUT2D eigenvalue weighted by Crippen LogP contribution is -1.96. The molecule has 3 nitrogen and oxygen atoms in total. The molecular weight excluding hydrogens is 340 g/mol. The number of rotatable bonds is 4. The highest BCUT2D eigenvalue weighted by molar-refractivity contribution is 9.08. The first kappa shape index (κ1) is 14.7. The summed E-state index contributed by atoms with van der Waals surface area (Å²) in [5.41, 5.74) is 3.07. The van der Waals surface area contributed by atoms with Gasteiger partial charge in [-0.3, -0.25) is 0 Å². The molecule has 0 aliphatic rings. The summed E-state index contributed by atoms with van der Waals surface area (Å²) in [5, 5.41) is 0.838. The number of hydrogen-bond donors (Lipinski definition) is 0. The largest absolute Gasteiger partial charge is 0.439 e. The zero-order valence-corrected chi connectivity index (χ0v) is 13.7. The van der Waals surface area contributed by atoms with Crippen LogP contribution in [0.4, 0.5) is 0 Å². The Bertz CT molecular complexity index is 758. The number of halogens is 1. The maximum absolute atomic E-state index is 5.81. The van der Waals surface area contributed by atoms with Crippen molar-refractivity contribution >= 4 is 15.9 Å². The van der Waals surface area contributed by atoms with Crippen molar-refractivity contribution in [3.63, 3.8) is 0 Å². The van der Waals surface area contributed by atoms with Crippen LogP contribution >= 0.6 is 15.9 Å². The zero-order valence-electron chi connectivity index (χ0n) is 12.2. The average molecular weight is 355 g/mol. The van der Waals surface area contributed by atoms with Gasteiger partial charge in [-0.25, -0.2) is 4.98 Å². The van der Waals surface area contributed by atoms with Gasteiger partial charge in [0.05, 0.1) is 0 Å². The van der Waals surface area contributed by atoms with Crippen molar-refractivity contribution in [2.24, 2.45) is 0 Å². The highest BCUT2D eigenvalue weighted by atomic mass is 79.9. The summed E-state index contributed by atoms with van der Waals surface area (Å²) < 4.78 is 5.81. The average Bonchev–Trinajstić information content (AvgIpc) is 2.55. The van der Waals surface area contributed by atoms with E-state index in [9.17, 15) is 0 Å². The molecule has 0 saturated heterocycles. The molecule has 1 heterocycles. The van der Waals surface area contributed by atoms with Crippen LogP contribution in [0.25, 0.3) is 11.4 Å².